The van der Waals surface area contributed by atoms with Crippen molar-refractivity contribution in [3.63, 3.8) is 0 Å². The second-order valence-corrected chi connectivity index (χ2v) is 3.59. The second-order valence-electron chi connectivity index (χ2n) is 3.59. The lowest BCUT2D eigenvalue weighted by Crippen LogP contribution is -2.12. The van der Waals surface area contributed by atoms with Gasteiger partial charge in [-0.1, -0.05) is 0 Å². The van der Waals surface area contributed by atoms with Gasteiger partial charge in [0.05, 0.1) is 7.11 Å². The molecule has 1 aromatic carbocycles. The third-order valence-corrected chi connectivity index (χ3v) is 2.26. The van der Waals surface area contributed by atoms with Crippen LogP contribution in [0.15, 0.2) is 18.2 Å². The molecule has 7 nitrogen and oxygen atoms in total. The zero-order chi connectivity index (χ0) is 13.1. The molecule has 0 unspecified atom stereocenters. The van der Waals surface area contributed by atoms with Gasteiger partial charge in [0.1, 0.15) is 5.82 Å². The molecule has 1 amide bonds. The summed E-state index contributed by atoms with van der Waals surface area (Å²) in [5.41, 5.74) is 0.288. The number of benzene rings is 1. The number of phenolic OH excluding ortho intramolecular Hbond substituents is 1. The highest BCUT2D eigenvalue weighted by atomic mass is 16.5. The van der Waals surface area contributed by atoms with Crippen molar-refractivity contribution < 1.29 is 14.6 Å². The van der Waals surface area contributed by atoms with E-state index < -0.39 is 5.91 Å². The molecule has 0 bridgehead atoms. The van der Waals surface area contributed by atoms with Crippen molar-refractivity contribution in [1.82, 2.24) is 15.2 Å². The highest BCUT2D eigenvalue weighted by Gasteiger charge is 2.11. The molecule has 0 aliphatic carbocycles. The van der Waals surface area contributed by atoms with Gasteiger partial charge in [-0.15, -0.1) is 5.10 Å². The zero-order valence-corrected chi connectivity index (χ0v) is 9.89. The Labute approximate surface area is 103 Å². The predicted molar refractivity (Wildman–Crippen MR) is 63.7 cm³/mol. The van der Waals surface area contributed by atoms with E-state index >= 15 is 0 Å². The van der Waals surface area contributed by atoms with Crippen molar-refractivity contribution in [2.45, 2.75) is 6.92 Å². The molecule has 2 aromatic rings. The number of carbonyl (C=O) groups excluding carboxylic acids is 1. The maximum absolute atomic E-state index is 11.8. The van der Waals surface area contributed by atoms with Gasteiger partial charge in [0.15, 0.2) is 11.5 Å². The minimum Gasteiger partial charge on any atom is -0.504 e. The number of carbonyl (C=O) groups is 1. The number of ether oxygens (including phenoxy) is 1. The summed E-state index contributed by atoms with van der Waals surface area (Å²) in [6.45, 7) is 1.72. The molecule has 0 aliphatic rings. The predicted octanol–water partition coefficient (Wildman–Crippen LogP) is 1.08. The van der Waals surface area contributed by atoms with Gasteiger partial charge in [-0.2, -0.15) is 4.98 Å². The minimum atomic E-state index is -0.410. The number of aromatic amines is 1. The standard InChI is InChI=1S/C11H12N4O3/c1-6-12-11(15-14-6)13-10(17)7-3-4-9(18-2)8(16)5-7/h3-5,16H,1-2H3,(H2,12,13,14,15,17). The fourth-order valence-corrected chi connectivity index (χ4v) is 1.40. The van der Waals surface area contributed by atoms with Crippen molar-refractivity contribution in [1.29, 1.82) is 0 Å². The quantitative estimate of drug-likeness (QED) is 0.754. The third kappa shape index (κ3) is 2.40. The van der Waals surface area contributed by atoms with Crippen LogP contribution in [0.3, 0.4) is 0 Å². The Morgan fingerprint density at radius 1 is 1.50 bits per heavy atom. The molecule has 0 fully saturated rings. The molecule has 94 valence electrons. The van der Waals surface area contributed by atoms with Gasteiger partial charge >= 0.3 is 0 Å². The maximum Gasteiger partial charge on any atom is 0.258 e. The van der Waals surface area contributed by atoms with E-state index in [0.29, 0.717) is 11.6 Å². The van der Waals surface area contributed by atoms with Crippen LogP contribution in [0, 0.1) is 6.92 Å². The first kappa shape index (κ1) is 11.9. The van der Waals surface area contributed by atoms with Gasteiger partial charge in [-0.05, 0) is 25.1 Å². The number of anilines is 1. The topological polar surface area (TPSA) is 100 Å². The Morgan fingerprint density at radius 3 is 2.83 bits per heavy atom. The smallest absolute Gasteiger partial charge is 0.258 e. The number of hydrogen-bond donors (Lipinski definition) is 3. The Hall–Kier alpha value is -2.57. The lowest BCUT2D eigenvalue weighted by Gasteiger charge is -2.05. The van der Waals surface area contributed by atoms with Gasteiger partial charge in [-0.3, -0.25) is 15.2 Å². The first-order valence-corrected chi connectivity index (χ1v) is 5.17. The summed E-state index contributed by atoms with van der Waals surface area (Å²) in [6.07, 6.45) is 0. The number of phenols is 1. The van der Waals surface area contributed by atoms with Crippen molar-refractivity contribution in [3.8, 4) is 11.5 Å². The number of aryl methyl sites for hydroxylation is 1. The van der Waals surface area contributed by atoms with Gasteiger partial charge in [0, 0.05) is 5.56 Å². The summed E-state index contributed by atoms with van der Waals surface area (Å²) in [5, 5.41) is 18.5. The normalized spacial score (nSPS) is 10.1. The van der Waals surface area contributed by atoms with Crippen LogP contribution in [0.1, 0.15) is 16.2 Å². The molecule has 1 heterocycles. The molecule has 18 heavy (non-hydrogen) atoms. The monoisotopic (exact) mass is 248 g/mol. The first-order valence-electron chi connectivity index (χ1n) is 5.17. The van der Waals surface area contributed by atoms with E-state index in [2.05, 4.69) is 20.5 Å². The number of H-pyrrole nitrogens is 1. The Bertz CT molecular complexity index is 579. The van der Waals surface area contributed by atoms with Crippen LogP contribution in [0.25, 0.3) is 0 Å². The van der Waals surface area contributed by atoms with Crippen LogP contribution in [-0.4, -0.2) is 33.3 Å². The van der Waals surface area contributed by atoms with Crippen molar-refractivity contribution in [2.24, 2.45) is 0 Å². The number of amides is 1. The highest BCUT2D eigenvalue weighted by Crippen LogP contribution is 2.26. The molecule has 0 radical (unpaired) electrons. The van der Waals surface area contributed by atoms with Gasteiger partial charge in [0.25, 0.3) is 5.91 Å². The van der Waals surface area contributed by atoms with E-state index in [1.54, 1.807) is 6.92 Å². The fourth-order valence-electron chi connectivity index (χ4n) is 1.40. The van der Waals surface area contributed by atoms with E-state index in [-0.39, 0.29) is 17.3 Å². The zero-order valence-electron chi connectivity index (χ0n) is 9.89. The number of nitrogens with zero attached hydrogens (tertiary/aromatic N) is 2. The molecule has 0 aliphatic heterocycles. The van der Waals surface area contributed by atoms with Crippen molar-refractivity contribution in [2.75, 3.05) is 12.4 Å². The van der Waals surface area contributed by atoms with Gasteiger partial charge < -0.3 is 9.84 Å². The summed E-state index contributed by atoms with van der Waals surface area (Å²) in [5.74, 6) is 0.583. The molecule has 3 N–H and O–H groups in total. The molecular formula is C11H12N4O3. The van der Waals surface area contributed by atoms with Crippen molar-refractivity contribution in [3.05, 3.63) is 29.6 Å². The number of hydrogen-bond acceptors (Lipinski definition) is 5. The molecule has 2 rings (SSSR count). The van der Waals surface area contributed by atoms with Crippen LogP contribution in [0.5, 0.6) is 11.5 Å². The molecule has 0 saturated carbocycles. The average molecular weight is 248 g/mol. The molecule has 7 heteroatoms. The third-order valence-electron chi connectivity index (χ3n) is 2.26. The highest BCUT2D eigenvalue weighted by molar-refractivity contribution is 6.03. The van der Waals surface area contributed by atoms with Crippen LogP contribution < -0.4 is 10.1 Å². The van der Waals surface area contributed by atoms with Crippen molar-refractivity contribution >= 4 is 11.9 Å². The molecular weight excluding hydrogens is 236 g/mol. The Kier molecular flexibility index (Phi) is 3.13. The summed E-state index contributed by atoms with van der Waals surface area (Å²) in [4.78, 5) is 15.8. The van der Waals surface area contributed by atoms with E-state index in [1.807, 2.05) is 0 Å². The average Bonchev–Trinajstić information content (AvgIpc) is 2.74. The van der Waals surface area contributed by atoms with E-state index in [0.717, 1.165) is 0 Å². The summed E-state index contributed by atoms with van der Waals surface area (Å²) in [7, 11) is 1.44. The minimum absolute atomic E-state index is 0.101. The van der Waals surface area contributed by atoms with E-state index in [4.69, 9.17) is 4.74 Å². The van der Waals surface area contributed by atoms with E-state index in [9.17, 15) is 9.90 Å². The molecule has 0 atom stereocenters. The lowest BCUT2D eigenvalue weighted by molar-refractivity contribution is 0.102. The Morgan fingerprint density at radius 2 is 2.28 bits per heavy atom. The molecule has 0 saturated heterocycles. The number of methoxy groups -OCH3 is 1. The second kappa shape index (κ2) is 4.74. The lowest BCUT2D eigenvalue weighted by atomic mass is 10.2. The number of rotatable bonds is 3. The fraction of sp³-hybridized carbons (Fsp3) is 0.182. The van der Waals surface area contributed by atoms with Gasteiger partial charge in [-0.25, -0.2) is 0 Å². The van der Waals surface area contributed by atoms with E-state index in [1.165, 1.54) is 25.3 Å². The van der Waals surface area contributed by atoms with Crippen LogP contribution in [-0.2, 0) is 0 Å². The van der Waals surface area contributed by atoms with Crippen LogP contribution in [0.2, 0.25) is 0 Å². The van der Waals surface area contributed by atoms with Gasteiger partial charge in [0.2, 0.25) is 5.95 Å². The SMILES string of the molecule is COc1ccc(C(=O)Nc2n[nH]c(C)n2)cc1O. The first-order chi connectivity index (χ1) is 8.60. The summed E-state index contributed by atoms with van der Waals surface area (Å²) >= 11 is 0. The number of aromatic hydroxyl groups is 1. The summed E-state index contributed by atoms with van der Waals surface area (Å²) in [6, 6.07) is 4.36. The number of nitrogens with one attached hydrogen (secondary N) is 2. The maximum atomic E-state index is 11.8. The summed E-state index contributed by atoms with van der Waals surface area (Å²) < 4.78 is 4.89. The van der Waals surface area contributed by atoms with Crippen LogP contribution in [0.4, 0.5) is 5.95 Å². The molecule has 0 spiro atoms. The number of aromatic nitrogens is 3. The molecule has 1 aromatic heterocycles. The largest absolute Gasteiger partial charge is 0.504 e. The Balaban J connectivity index is 2.16. The van der Waals surface area contributed by atoms with Crippen LogP contribution >= 0.6 is 0 Å².